The first-order valence-corrected chi connectivity index (χ1v) is 6.67. The molecule has 0 aromatic rings. The lowest BCUT2D eigenvalue weighted by Crippen LogP contribution is -2.49. The van der Waals surface area contributed by atoms with Gasteiger partial charge in [0.15, 0.2) is 0 Å². The van der Waals surface area contributed by atoms with Gasteiger partial charge in [0.25, 0.3) is 0 Å². The van der Waals surface area contributed by atoms with Crippen LogP contribution in [0.2, 0.25) is 0 Å². The van der Waals surface area contributed by atoms with Gasteiger partial charge in [-0.05, 0) is 32.1 Å². The number of nitrogens with zero attached hydrogens (tertiary/aromatic N) is 1. The van der Waals surface area contributed by atoms with Crippen LogP contribution < -0.4 is 5.73 Å². The molecule has 0 aromatic heterocycles. The van der Waals surface area contributed by atoms with Crippen LogP contribution in [0.4, 0.5) is 0 Å². The van der Waals surface area contributed by atoms with E-state index in [1.165, 1.54) is 0 Å². The number of β-amino-alcohol motifs (C(OH)–C–C–N with tert-alkyl or cyclic N) is 1. The van der Waals surface area contributed by atoms with Crippen molar-refractivity contribution >= 4 is 5.91 Å². The first kappa shape index (κ1) is 12.8. The molecule has 0 bridgehead atoms. The van der Waals surface area contributed by atoms with Gasteiger partial charge in [-0.3, -0.25) is 4.79 Å². The van der Waals surface area contributed by atoms with Gasteiger partial charge in [-0.15, -0.1) is 0 Å². The topological polar surface area (TPSA) is 66.6 Å². The maximum atomic E-state index is 12.4. The fraction of sp³-hybridized carbons (Fsp3) is 0.923. The molecule has 4 nitrogen and oxygen atoms in total. The standard InChI is InChI=1S/C13H24N2O2/c1-9-4-3-5-10(14)11(9)12(16)15-7-6-13(2,17)8-15/h9-11,17H,3-8,14H2,1-2H3. The summed E-state index contributed by atoms with van der Waals surface area (Å²) in [4.78, 5) is 14.2. The van der Waals surface area contributed by atoms with Gasteiger partial charge in [-0.25, -0.2) is 0 Å². The van der Waals surface area contributed by atoms with Gasteiger partial charge in [-0.2, -0.15) is 0 Å². The maximum Gasteiger partial charge on any atom is 0.227 e. The third kappa shape index (κ3) is 2.63. The van der Waals surface area contributed by atoms with Gasteiger partial charge in [-0.1, -0.05) is 13.3 Å². The van der Waals surface area contributed by atoms with Crippen LogP contribution >= 0.6 is 0 Å². The second-order valence-corrected chi connectivity index (χ2v) is 6.10. The van der Waals surface area contributed by atoms with E-state index in [0.29, 0.717) is 25.4 Å². The number of hydrogen-bond donors (Lipinski definition) is 2. The fourth-order valence-electron chi connectivity index (χ4n) is 3.23. The van der Waals surface area contributed by atoms with E-state index < -0.39 is 5.60 Å². The van der Waals surface area contributed by atoms with Gasteiger partial charge in [0.1, 0.15) is 0 Å². The minimum absolute atomic E-state index is 0.00296. The third-order valence-corrected chi connectivity index (χ3v) is 4.32. The van der Waals surface area contributed by atoms with Crippen molar-refractivity contribution in [2.75, 3.05) is 13.1 Å². The van der Waals surface area contributed by atoms with Gasteiger partial charge < -0.3 is 15.7 Å². The van der Waals surface area contributed by atoms with Crippen LogP contribution in [0.5, 0.6) is 0 Å². The van der Waals surface area contributed by atoms with E-state index in [0.717, 1.165) is 19.3 Å². The number of amides is 1. The summed E-state index contributed by atoms with van der Waals surface area (Å²) in [5.41, 5.74) is 5.38. The first-order valence-electron chi connectivity index (χ1n) is 6.67. The predicted octanol–water partition coefficient (Wildman–Crippen LogP) is 0.733. The van der Waals surface area contributed by atoms with Crippen molar-refractivity contribution < 1.29 is 9.90 Å². The van der Waals surface area contributed by atoms with Crippen molar-refractivity contribution in [2.24, 2.45) is 17.6 Å². The van der Waals surface area contributed by atoms with Crippen molar-refractivity contribution in [3.63, 3.8) is 0 Å². The zero-order valence-corrected chi connectivity index (χ0v) is 10.9. The van der Waals surface area contributed by atoms with E-state index in [4.69, 9.17) is 5.73 Å². The lowest BCUT2D eigenvalue weighted by atomic mass is 9.76. The first-order chi connectivity index (χ1) is 7.91. The molecule has 1 aliphatic heterocycles. The summed E-state index contributed by atoms with van der Waals surface area (Å²) >= 11 is 0. The largest absolute Gasteiger partial charge is 0.388 e. The summed E-state index contributed by atoms with van der Waals surface area (Å²) in [6.45, 7) is 5.05. The number of carbonyl (C=O) groups is 1. The molecule has 1 saturated carbocycles. The van der Waals surface area contributed by atoms with E-state index in [-0.39, 0.29) is 17.9 Å². The summed E-state index contributed by atoms with van der Waals surface area (Å²) < 4.78 is 0. The molecule has 1 amide bonds. The highest BCUT2D eigenvalue weighted by atomic mass is 16.3. The van der Waals surface area contributed by atoms with Crippen LogP contribution in [0.3, 0.4) is 0 Å². The molecule has 2 fully saturated rings. The molecule has 0 spiro atoms. The van der Waals surface area contributed by atoms with Gasteiger partial charge in [0.05, 0.1) is 11.5 Å². The van der Waals surface area contributed by atoms with Gasteiger partial charge in [0, 0.05) is 19.1 Å². The highest BCUT2D eigenvalue weighted by Gasteiger charge is 2.41. The smallest absolute Gasteiger partial charge is 0.227 e. The summed E-state index contributed by atoms with van der Waals surface area (Å²) in [5.74, 6) is 0.483. The second-order valence-electron chi connectivity index (χ2n) is 6.10. The molecule has 4 heteroatoms. The molecule has 0 radical (unpaired) electrons. The van der Waals surface area contributed by atoms with Crippen LogP contribution in [0, 0.1) is 11.8 Å². The quantitative estimate of drug-likeness (QED) is 0.710. The van der Waals surface area contributed by atoms with Gasteiger partial charge >= 0.3 is 0 Å². The number of carbonyl (C=O) groups excluding carboxylic acids is 1. The van der Waals surface area contributed by atoms with Crippen LogP contribution in [0.1, 0.15) is 39.5 Å². The average Bonchev–Trinajstić information content (AvgIpc) is 2.58. The molecule has 1 saturated heterocycles. The van der Waals surface area contributed by atoms with E-state index >= 15 is 0 Å². The molecular weight excluding hydrogens is 216 g/mol. The molecule has 3 N–H and O–H groups in total. The third-order valence-electron chi connectivity index (χ3n) is 4.32. The van der Waals surface area contributed by atoms with Crippen molar-refractivity contribution in [1.82, 2.24) is 4.90 Å². The summed E-state index contributed by atoms with van der Waals surface area (Å²) in [6, 6.07) is -0.00296. The zero-order valence-electron chi connectivity index (χ0n) is 10.9. The minimum Gasteiger partial charge on any atom is -0.388 e. The number of likely N-dealkylation sites (tertiary alicyclic amines) is 1. The SMILES string of the molecule is CC1CCCC(N)C1C(=O)N1CCC(C)(O)C1. The molecule has 1 heterocycles. The zero-order chi connectivity index (χ0) is 12.6. The molecule has 4 unspecified atom stereocenters. The maximum absolute atomic E-state index is 12.4. The Balaban J connectivity index is 2.04. The molecule has 0 aromatic carbocycles. The second kappa shape index (κ2) is 4.58. The Labute approximate surface area is 103 Å². The summed E-state index contributed by atoms with van der Waals surface area (Å²) in [6.07, 6.45) is 3.85. The Kier molecular flexibility index (Phi) is 3.46. The fourth-order valence-corrected chi connectivity index (χ4v) is 3.23. The van der Waals surface area contributed by atoms with Crippen LogP contribution in [-0.2, 0) is 4.79 Å². The Bertz CT molecular complexity index is 294. The van der Waals surface area contributed by atoms with E-state index in [9.17, 15) is 9.90 Å². The van der Waals surface area contributed by atoms with Crippen LogP contribution in [-0.4, -0.2) is 40.6 Å². The van der Waals surface area contributed by atoms with Crippen LogP contribution in [0.15, 0.2) is 0 Å². The molecular formula is C13H24N2O2. The van der Waals surface area contributed by atoms with Gasteiger partial charge in [0.2, 0.25) is 5.91 Å². The van der Waals surface area contributed by atoms with Crippen molar-refractivity contribution in [3.8, 4) is 0 Å². The molecule has 2 rings (SSSR count). The van der Waals surface area contributed by atoms with E-state index in [1.54, 1.807) is 11.8 Å². The highest BCUT2D eigenvalue weighted by Crippen LogP contribution is 2.32. The molecule has 2 aliphatic rings. The number of nitrogens with two attached hydrogens (primary N) is 1. The lowest BCUT2D eigenvalue weighted by Gasteiger charge is -2.35. The predicted molar refractivity (Wildman–Crippen MR) is 66.3 cm³/mol. The highest BCUT2D eigenvalue weighted by molar-refractivity contribution is 5.80. The van der Waals surface area contributed by atoms with Crippen LogP contribution in [0.25, 0.3) is 0 Å². The summed E-state index contributed by atoms with van der Waals surface area (Å²) in [7, 11) is 0. The Morgan fingerprint density at radius 3 is 2.71 bits per heavy atom. The Morgan fingerprint density at radius 1 is 1.47 bits per heavy atom. The Hall–Kier alpha value is -0.610. The van der Waals surface area contributed by atoms with Crippen molar-refractivity contribution in [1.29, 1.82) is 0 Å². The number of hydrogen-bond acceptors (Lipinski definition) is 3. The number of aliphatic hydroxyl groups is 1. The minimum atomic E-state index is -0.711. The monoisotopic (exact) mass is 240 g/mol. The van der Waals surface area contributed by atoms with Crippen molar-refractivity contribution in [3.05, 3.63) is 0 Å². The lowest BCUT2D eigenvalue weighted by molar-refractivity contribution is -0.138. The molecule has 1 aliphatic carbocycles. The molecule has 98 valence electrons. The average molecular weight is 240 g/mol. The number of rotatable bonds is 1. The Morgan fingerprint density at radius 2 is 2.18 bits per heavy atom. The molecule has 17 heavy (non-hydrogen) atoms. The van der Waals surface area contributed by atoms with Crippen molar-refractivity contribution in [2.45, 2.75) is 51.2 Å². The summed E-state index contributed by atoms with van der Waals surface area (Å²) in [5, 5.41) is 9.92. The molecule has 4 atom stereocenters. The normalized spacial score (nSPS) is 42.8. The van der Waals surface area contributed by atoms with E-state index in [1.807, 2.05) is 0 Å². The van der Waals surface area contributed by atoms with E-state index in [2.05, 4.69) is 6.92 Å².